The fourth-order valence-corrected chi connectivity index (χ4v) is 3.72. The molecule has 1 aliphatic rings. The van der Waals surface area contributed by atoms with Crippen LogP contribution in [0, 0.1) is 19.7 Å². The molecule has 0 bridgehead atoms. The average Bonchev–Trinajstić information content (AvgIpc) is 3.09. The van der Waals surface area contributed by atoms with E-state index in [1.807, 2.05) is 32.0 Å². The fraction of sp³-hybridized carbons (Fsp3) is 0.292. The summed E-state index contributed by atoms with van der Waals surface area (Å²) >= 11 is 0. The molecule has 2 N–H and O–H groups in total. The summed E-state index contributed by atoms with van der Waals surface area (Å²) in [6.45, 7) is 4.09. The number of fused-ring (bicyclic) bond motifs is 1. The number of amides is 2. The highest BCUT2D eigenvalue weighted by atomic mass is 19.1. The van der Waals surface area contributed by atoms with Crippen LogP contribution in [-0.4, -0.2) is 28.2 Å². The van der Waals surface area contributed by atoms with E-state index in [9.17, 15) is 14.0 Å². The molecule has 166 valence electrons. The number of carbonyl (C=O) groups excluding carboxylic acids is 2. The van der Waals surface area contributed by atoms with E-state index < -0.39 is 5.82 Å². The summed E-state index contributed by atoms with van der Waals surface area (Å²) in [5.41, 5.74) is 4.25. The van der Waals surface area contributed by atoms with Gasteiger partial charge in [-0.05, 0) is 74.7 Å². The third kappa shape index (κ3) is 4.96. The Balaban J connectivity index is 1.26. The maximum Gasteiger partial charge on any atom is 0.224 e. The second-order valence-electron chi connectivity index (χ2n) is 7.87. The first-order valence-corrected chi connectivity index (χ1v) is 10.6. The minimum atomic E-state index is -0.457. The lowest BCUT2D eigenvalue weighted by Gasteiger charge is -2.17. The Morgan fingerprint density at radius 3 is 2.78 bits per heavy atom. The molecule has 4 rings (SSSR count). The Morgan fingerprint density at radius 2 is 2.03 bits per heavy atom. The van der Waals surface area contributed by atoms with Crippen LogP contribution in [-0.2, 0) is 16.0 Å². The van der Waals surface area contributed by atoms with Crippen LogP contribution in [0.25, 0.3) is 5.69 Å². The number of rotatable bonds is 7. The summed E-state index contributed by atoms with van der Waals surface area (Å²) in [4.78, 5) is 23.6. The number of nitrogens with zero attached hydrogens (tertiary/aromatic N) is 2. The quantitative estimate of drug-likeness (QED) is 0.541. The van der Waals surface area contributed by atoms with E-state index in [-0.39, 0.29) is 18.2 Å². The van der Waals surface area contributed by atoms with E-state index in [0.29, 0.717) is 43.0 Å². The van der Waals surface area contributed by atoms with Crippen molar-refractivity contribution in [1.82, 2.24) is 9.78 Å². The molecule has 7 nitrogen and oxygen atoms in total. The van der Waals surface area contributed by atoms with E-state index >= 15 is 0 Å². The first-order chi connectivity index (χ1) is 15.4. The number of hydrogen-bond donors (Lipinski definition) is 2. The molecular formula is C24H25FN4O3. The maximum atomic E-state index is 14.6. The lowest BCUT2D eigenvalue weighted by molar-refractivity contribution is -0.117. The average molecular weight is 436 g/mol. The molecule has 3 aromatic rings. The third-order valence-electron chi connectivity index (χ3n) is 5.26. The van der Waals surface area contributed by atoms with Gasteiger partial charge < -0.3 is 15.4 Å². The smallest absolute Gasteiger partial charge is 0.224 e. The standard InChI is InChI=1S/C24H25FN4O3/c1-15-12-16(2)29(28-15)22-9-6-18(14-20(22)25)26-23(30)4-3-11-32-19-7-8-21-17(13-19)5-10-24(31)27-21/h6-9,12-14H,3-5,10-11H2,1-2H3,(H,26,30)(H,27,31). The van der Waals surface area contributed by atoms with Crippen LogP contribution in [0.4, 0.5) is 15.8 Å². The lowest BCUT2D eigenvalue weighted by Crippen LogP contribution is -2.18. The van der Waals surface area contributed by atoms with Crippen molar-refractivity contribution in [2.75, 3.05) is 17.2 Å². The molecule has 0 saturated carbocycles. The first kappa shape index (κ1) is 21.5. The number of carbonyl (C=O) groups is 2. The second kappa shape index (κ2) is 9.21. The zero-order valence-corrected chi connectivity index (χ0v) is 18.1. The van der Waals surface area contributed by atoms with Crippen LogP contribution < -0.4 is 15.4 Å². The highest BCUT2D eigenvalue weighted by Gasteiger charge is 2.15. The highest BCUT2D eigenvalue weighted by molar-refractivity contribution is 5.94. The maximum absolute atomic E-state index is 14.6. The van der Waals surface area contributed by atoms with Crippen LogP contribution in [0.3, 0.4) is 0 Å². The minimum absolute atomic E-state index is 0.0262. The summed E-state index contributed by atoms with van der Waals surface area (Å²) in [6, 6.07) is 12.0. The van der Waals surface area contributed by atoms with E-state index in [2.05, 4.69) is 15.7 Å². The molecule has 1 aliphatic heterocycles. The van der Waals surface area contributed by atoms with Crippen molar-refractivity contribution in [2.45, 2.75) is 39.5 Å². The topological polar surface area (TPSA) is 85.2 Å². The van der Waals surface area contributed by atoms with E-state index in [4.69, 9.17) is 4.74 Å². The molecule has 32 heavy (non-hydrogen) atoms. The van der Waals surface area contributed by atoms with Gasteiger partial charge in [0.05, 0.1) is 12.3 Å². The predicted molar refractivity (Wildman–Crippen MR) is 120 cm³/mol. The van der Waals surface area contributed by atoms with Gasteiger partial charge in [-0.2, -0.15) is 5.10 Å². The van der Waals surface area contributed by atoms with Gasteiger partial charge >= 0.3 is 0 Å². The Hall–Kier alpha value is -3.68. The van der Waals surface area contributed by atoms with E-state index in [1.54, 1.807) is 22.9 Å². The normalized spacial score (nSPS) is 12.8. The second-order valence-corrected chi connectivity index (χ2v) is 7.87. The van der Waals surface area contributed by atoms with Gasteiger partial charge in [-0.3, -0.25) is 9.59 Å². The largest absolute Gasteiger partial charge is 0.494 e. The number of nitrogens with one attached hydrogen (secondary N) is 2. The summed E-state index contributed by atoms with van der Waals surface area (Å²) < 4.78 is 21.8. The molecule has 0 unspecified atom stereocenters. The SMILES string of the molecule is Cc1cc(C)n(-c2ccc(NC(=O)CCCOc3ccc4c(c3)CCC(=O)N4)cc2F)n1. The molecule has 1 aromatic heterocycles. The number of halogens is 1. The third-order valence-corrected chi connectivity index (χ3v) is 5.26. The van der Waals surface area contributed by atoms with Gasteiger partial charge in [-0.25, -0.2) is 9.07 Å². The molecule has 2 aromatic carbocycles. The minimum Gasteiger partial charge on any atom is -0.494 e. The van der Waals surface area contributed by atoms with Crippen molar-refractivity contribution in [3.05, 3.63) is 65.2 Å². The van der Waals surface area contributed by atoms with Gasteiger partial charge in [-0.15, -0.1) is 0 Å². The van der Waals surface area contributed by atoms with Crippen molar-refractivity contribution in [3.63, 3.8) is 0 Å². The predicted octanol–water partition coefficient (Wildman–Crippen LogP) is 4.31. The number of aromatic nitrogens is 2. The summed E-state index contributed by atoms with van der Waals surface area (Å²) in [6.07, 6.45) is 1.93. The van der Waals surface area contributed by atoms with Crippen molar-refractivity contribution in [2.24, 2.45) is 0 Å². The van der Waals surface area contributed by atoms with E-state index in [0.717, 1.165) is 22.6 Å². The van der Waals surface area contributed by atoms with Gasteiger partial charge in [-0.1, -0.05) is 0 Å². The number of benzene rings is 2. The molecule has 0 radical (unpaired) electrons. The molecule has 8 heteroatoms. The first-order valence-electron chi connectivity index (χ1n) is 10.6. The molecule has 0 spiro atoms. The molecule has 0 aliphatic carbocycles. The van der Waals surface area contributed by atoms with Gasteiger partial charge in [0.25, 0.3) is 0 Å². The molecule has 0 atom stereocenters. The molecule has 0 fully saturated rings. The Kier molecular flexibility index (Phi) is 6.20. The number of ether oxygens (including phenoxy) is 1. The lowest BCUT2D eigenvalue weighted by atomic mass is 10.0. The summed E-state index contributed by atoms with van der Waals surface area (Å²) in [5.74, 6) is 0.0707. The van der Waals surface area contributed by atoms with Crippen LogP contribution in [0.1, 0.15) is 36.2 Å². The zero-order chi connectivity index (χ0) is 22.7. The summed E-state index contributed by atoms with van der Waals surface area (Å²) in [7, 11) is 0. The van der Waals surface area contributed by atoms with Gasteiger partial charge in [0.1, 0.15) is 11.4 Å². The molecule has 2 heterocycles. The van der Waals surface area contributed by atoms with Crippen molar-refractivity contribution >= 4 is 23.2 Å². The zero-order valence-electron chi connectivity index (χ0n) is 18.1. The van der Waals surface area contributed by atoms with Crippen molar-refractivity contribution < 1.29 is 18.7 Å². The van der Waals surface area contributed by atoms with Gasteiger partial charge in [0, 0.05) is 29.9 Å². The number of aryl methyl sites for hydroxylation is 3. The van der Waals surface area contributed by atoms with Crippen LogP contribution in [0.15, 0.2) is 42.5 Å². The van der Waals surface area contributed by atoms with Crippen molar-refractivity contribution in [3.8, 4) is 11.4 Å². The Bertz CT molecular complexity index is 1170. The van der Waals surface area contributed by atoms with E-state index in [1.165, 1.54) is 6.07 Å². The Morgan fingerprint density at radius 1 is 1.19 bits per heavy atom. The van der Waals surface area contributed by atoms with Gasteiger partial charge in [0.15, 0.2) is 5.82 Å². The molecule has 2 amide bonds. The Labute approximate surface area is 185 Å². The number of anilines is 2. The summed E-state index contributed by atoms with van der Waals surface area (Å²) in [5, 5.41) is 9.85. The number of hydrogen-bond acceptors (Lipinski definition) is 4. The monoisotopic (exact) mass is 436 g/mol. The highest BCUT2D eigenvalue weighted by Crippen LogP contribution is 2.27. The van der Waals surface area contributed by atoms with Crippen molar-refractivity contribution in [1.29, 1.82) is 0 Å². The van der Waals surface area contributed by atoms with Gasteiger partial charge in [0.2, 0.25) is 11.8 Å². The fourth-order valence-electron chi connectivity index (χ4n) is 3.72. The molecular weight excluding hydrogens is 411 g/mol. The molecule has 0 saturated heterocycles. The van der Waals surface area contributed by atoms with Crippen LogP contribution in [0.2, 0.25) is 0 Å². The van der Waals surface area contributed by atoms with Crippen LogP contribution in [0.5, 0.6) is 5.75 Å². The van der Waals surface area contributed by atoms with Crippen LogP contribution >= 0.6 is 0 Å².